The Morgan fingerprint density at radius 2 is 1.05 bits per heavy atom. The van der Waals surface area contributed by atoms with Gasteiger partial charge in [0.2, 0.25) is 0 Å². The third kappa shape index (κ3) is 28.9. The lowest BCUT2D eigenvalue weighted by Crippen LogP contribution is -2.29. The molecule has 0 aromatic rings. The van der Waals surface area contributed by atoms with E-state index in [2.05, 4.69) is 13.8 Å². The number of rotatable bonds is 31. The number of phosphoric acid groups is 1. The summed E-state index contributed by atoms with van der Waals surface area (Å²) < 4.78 is 32.3. The molecule has 0 aromatic carbocycles. The van der Waals surface area contributed by atoms with Gasteiger partial charge in [0.05, 0.1) is 13.2 Å². The maximum absolute atomic E-state index is 12.3. The van der Waals surface area contributed by atoms with Crippen LogP contribution in [0.25, 0.3) is 0 Å². The van der Waals surface area contributed by atoms with Gasteiger partial charge in [-0.15, -0.1) is 0 Å². The minimum atomic E-state index is -4.35. The van der Waals surface area contributed by atoms with Crippen molar-refractivity contribution in [3.8, 4) is 0 Å². The molecule has 9 nitrogen and oxygen atoms in total. The molecule has 0 heterocycles. The van der Waals surface area contributed by atoms with Crippen molar-refractivity contribution >= 4 is 19.8 Å². The van der Waals surface area contributed by atoms with Crippen molar-refractivity contribution in [2.24, 2.45) is 5.73 Å². The fourth-order valence-corrected chi connectivity index (χ4v) is 5.28. The lowest BCUT2D eigenvalue weighted by Gasteiger charge is -2.19. The summed E-state index contributed by atoms with van der Waals surface area (Å²) in [5.74, 6) is -0.833. The fraction of sp³-hybridized carbons (Fsp3) is 0.935. The second-order valence-electron chi connectivity index (χ2n) is 11.0. The lowest BCUT2D eigenvalue weighted by atomic mass is 10.0. The van der Waals surface area contributed by atoms with E-state index in [1.165, 1.54) is 77.0 Å². The second kappa shape index (κ2) is 29.1. The first kappa shape index (κ1) is 40.0. The number of carbonyl (C=O) groups excluding carboxylic acids is 2. The summed E-state index contributed by atoms with van der Waals surface area (Å²) in [7, 11) is -4.35. The molecule has 2 atom stereocenters. The molecule has 0 radical (unpaired) electrons. The molecule has 0 aliphatic carbocycles. The lowest BCUT2D eigenvalue weighted by molar-refractivity contribution is -0.161. The Morgan fingerprint density at radius 1 is 0.634 bits per heavy atom. The van der Waals surface area contributed by atoms with Gasteiger partial charge in [0, 0.05) is 19.4 Å². The zero-order chi connectivity index (χ0) is 30.4. The molecular weight excluding hydrogens is 545 g/mol. The molecule has 0 fully saturated rings. The van der Waals surface area contributed by atoms with Crippen molar-refractivity contribution in [1.82, 2.24) is 0 Å². The first-order valence-electron chi connectivity index (χ1n) is 16.5. The predicted molar refractivity (Wildman–Crippen MR) is 165 cm³/mol. The van der Waals surface area contributed by atoms with Crippen LogP contribution in [0.2, 0.25) is 0 Å². The highest BCUT2D eigenvalue weighted by Gasteiger charge is 2.25. The van der Waals surface area contributed by atoms with E-state index in [9.17, 15) is 19.0 Å². The van der Waals surface area contributed by atoms with E-state index in [0.29, 0.717) is 6.42 Å². The van der Waals surface area contributed by atoms with Gasteiger partial charge in [0.25, 0.3) is 0 Å². The minimum absolute atomic E-state index is 0.0570. The van der Waals surface area contributed by atoms with Crippen LogP contribution in [0.5, 0.6) is 0 Å². The monoisotopic (exact) mass is 607 g/mol. The molecule has 0 amide bonds. The Labute approximate surface area is 250 Å². The third-order valence-electron chi connectivity index (χ3n) is 6.99. The molecule has 244 valence electrons. The van der Waals surface area contributed by atoms with Gasteiger partial charge in [0.15, 0.2) is 6.10 Å². The highest BCUT2D eigenvalue weighted by molar-refractivity contribution is 7.47. The molecule has 3 N–H and O–H groups in total. The van der Waals surface area contributed by atoms with Crippen LogP contribution in [0.1, 0.15) is 155 Å². The third-order valence-corrected chi connectivity index (χ3v) is 7.98. The topological polar surface area (TPSA) is 134 Å². The van der Waals surface area contributed by atoms with Crippen molar-refractivity contribution in [3.63, 3.8) is 0 Å². The van der Waals surface area contributed by atoms with Crippen molar-refractivity contribution in [2.75, 3.05) is 26.4 Å². The Kier molecular flexibility index (Phi) is 28.4. The molecule has 0 rings (SSSR count). The number of esters is 2. The van der Waals surface area contributed by atoms with Crippen molar-refractivity contribution in [1.29, 1.82) is 0 Å². The number of hydrogen-bond acceptors (Lipinski definition) is 8. The van der Waals surface area contributed by atoms with E-state index < -0.39 is 26.5 Å². The second-order valence-corrected chi connectivity index (χ2v) is 12.5. The molecule has 1 unspecified atom stereocenters. The van der Waals surface area contributed by atoms with Gasteiger partial charge in [-0.05, 0) is 12.8 Å². The average molecular weight is 608 g/mol. The molecule has 0 aliphatic rings. The molecule has 0 spiro atoms. The molecule has 0 bridgehead atoms. The molecule has 0 saturated carbocycles. The van der Waals surface area contributed by atoms with E-state index in [-0.39, 0.29) is 38.6 Å². The molecular formula is C31H62NO8P. The fourth-order valence-electron chi connectivity index (χ4n) is 4.52. The van der Waals surface area contributed by atoms with E-state index in [1.54, 1.807) is 0 Å². The Morgan fingerprint density at radius 3 is 1.49 bits per heavy atom. The van der Waals surface area contributed by atoms with E-state index in [1.807, 2.05) is 0 Å². The predicted octanol–water partition coefficient (Wildman–Crippen LogP) is 8.16. The first-order chi connectivity index (χ1) is 19.8. The highest BCUT2D eigenvalue weighted by atomic mass is 31.2. The molecule has 41 heavy (non-hydrogen) atoms. The molecule has 0 aliphatic heterocycles. The number of unbranched alkanes of at least 4 members (excludes halogenated alkanes) is 18. The van der Waals surface area contributed by atoms with Crippen LogP contribution in [0.4, 0.5) is 0 Å². The van der Waals surface area contributed by atoms with Crippen LogP contribution in [-0.4, -0.2) is 49.3 Å². The molecule has 0 aromatic heterocycles. The van der Waals surface area contributed by atoms with Crippen LogP contribution in [0, 0.1) is 0 Å². The van der Waals surface area contributed by atoms with Crippen molar-refractivity contribution in [2.45, 2.75) is 161 Å². The van der Waals surface area contributed by atoms with Crippen LogP contribution in [-0.2, 0) is 32.7 Å². The standard InChI is InChI=1S/C31H62NO8P/c1-3-5-7-9-11-12-13-14-15-16-17-18-20-21-23-30(33)37-27-29(28-39-41(35,36)38-26-25-32)40-31(34)24-22-19-10-8-6-4-2/h29H,3-28,32H2,1-2H3,(H,35,36)/t29-/m1/s1. The normalized spacial score (nSPS) is 13.6. The number of hydrogen-bond donors (Lipinski definition) is 2. The average Bonchev–Trinajstić information content (AvgIpc) is 2.95. The quantitative estimate of drug-likeness (QED) is 0.0454. The number of ether oxygens (including phenoxy) is 2. The maximum Gasteiger partial charge on any atom is 0.472 e. The van der Waals surface area contributed by atoms with Gasteiger partial charge in [0.1, 0.15) is 6.61 Å². The summed E-state index contributed by atoms with van der Waals surface area (Å²) in [6.07, 6.45) is 23.1. The zero-order valence-electron chi connectivity index (χ0n) is 26.3. The summed E-state index contributed by atoms with van der Waals surface area (Å²) in [6, 6.07) is 0. The van der Waals surface area contributed by atoms with Gasteiger partial charge in [-0.1, -0.05) is 129 Å². The summed E-state index contributed by atoms with van der Waals surface area (Å²) in [5.41, 5.74) is 5.30. The number of carbonyl (C=O) groups is 2. The van der Waals surface area contributed by atoms with Gasteiger partial charge in [-0.25, -0.2) is 4.57 Å². The van der Waals surface area contributed by atoms with E-state index in [4.69, 9.17) is 24.3 Å². The Bertz CT molecular complexity index is 664. The van der Waals surface area contributed by atoms with Crippen molar-refractivity contribution in [3.05, 3.63) is 0 Å². The first-order valence-corrected chi connectivity index (χ1v) is 18.0. The Balaban J connectivity index is 4.16. The summed E-state index contributed by atoms with van der Waals surface area (Å²) in [6.45, 7) is 3.65. The number of nitrogens with two attached hydrogens (primary N) is 1. The van der Waals surface area contributed by atoms with Crippen molar-refractivity contribution < 1.29 is 37.6 Å². The van der Waals surface area contributed by atoms with Gasteiger partial charge < -0.3 is 20.1 Å². The van der Waals surface area contributed by atoms with Crippen LogP contribution >= 0.6 is 7.82 Å². The minimum Gasteiger partial charge on any atom is -0.462 e. The number of phosphoric ester groups is 1. The maximum atomic E-state index is 12.3. The molecule has 10 heteroatoms. The van der Waals surface area contributed by atoms with Crippen LogP contribution in [0.3, 0.4) is 0 Å². The van der Waals surface area contributed by atoms with E-state index >= 15 is 0 Å². The largest absolute Gasteiger partial charge is 0.472 e. The van der Waals surface area contributed by atoms with Crippen LogP contribution in [0.15, 0.2) is 0 Å². The van der Waals surface area contributed by atoms with Crippen LogP contribution < -0.4 is 5.73 Å². The SMILES string of the molecule is CCCCCCCCCCCCCCCCC(=O)OC[C@H](COP(=O)(O)OCCN)OC(=O)CCCCCCCC. The zero-order valence-corrected chi connectivity index (χ0v) is 27.2. The van der Waals surface area contributed by atoms with E-state index in [0.717, 1.165) is 44.9 Å². The summed E-state index contributed by atoms with van der Waals surface area (Å²) >= 11 is 0. The summed E-state index contributed by atoms with van der Waals surface area (Å²) in [4.78, 5) is 34.3. The highest BCUT2D eigenvalue weighted by Crippen LogP contribution is 2.43. The van der Waals surface area contributed by atoms with Gasteiger partial charge in [-0.2, -0.15) is 0 Å². The molecule has 0 saturated heterocycles. The Hall–Kier alpha value is -0.990. The smallest absolute Gasteiger partial charge is 0.462 e. The van der Waals surface area contributed by atoms with Gasteiger partial charge >= 0.3 is 19.8 Å². The van der Waals surface area contributed by atoms with Gasteiger partial charge in [-0.3, -0.25) is 18.6 Å². The summed E-state index contributed by atoms with van der Waals surface area (Å²) in [5, 5.41) is 0.